The Morgan fingerprint density at radius 2 is 1.95 bits per heavy atom. The van der Waals surface area contributed by atoms with E-state index >= 15 is 0 Å². The SMILES string of the molecule is Cc1ccc(Cl)cc1NS(=O)(=O)c1ccc(CN)cc1F. The monoisotopic (exact) mass is 328 g/mol. The Morgan fingerprint density at radius 3 is 2.57 bits per heavy atom. The van der Waals surface area contributed by atoms with E-state index in [1.165, 1.54) is 18.2 Å². The average molecular weight is 329 g/mol. The molecule has 2 aromatic rings. The van der Waals surface area contributed by atoms with Gasteiger partial charge in [0.2, 0.25) is 0 Å². The van der Waals surface area contributed by atoms with Crippen molar-refractivity contribution >= 4 is 27.3 Å². The molecule has 0 unspecified atom stereocenters. The summed E-state index contributed by atoms with van der Waals surface area (Å²) in [6, 6.07) is 8.57. The molecule has 0 radical (unpaired) electrons. The molecule has 0 amide bonds. The van der Waals surface area contributed by atoms with Crippen LogP contribution in [0.1, 0.15) is 11.1 Å². The zero-order valence-corrected chi connectivity index (χ0v) is 12.8. The zero-order valence-electron chi connectivity index (χ0n) is 11.2. The molecule has 0 heterocycles. The molecule has 0 saturated heterocycles. The topological polar surface area (TPSA) is 72.2 Å². The summed E-state index contributed by atoms with van der Waals surface area (Å²) in [5, 5.41) is 0.386. The molecule has 0 aromatic heterocycles. The molecule has 4 nitrogen and oxygen atoms in total. The molecular formula is C14H14ClFN2O2S. The number of anilines is 1. The number of aryl methyl sites for hydroxylation is 1. The van der Waals surface area contributed by atoms with Crippen LogP contribution in [0, 0.1) is 12.7 Å². The van der Waals surface area contributed by atoms with Crippen molar-refractivity contribution in [2.75, 3.05) is 4.72 Å². The van der Waals surface area contributed by atoms with Crippen molar-refractivity contribution in [1.29, 1.82) is 0 Å². The lowest BCUT2D eigenvalue weighted by molar-refractivity contribution is 0.569. The lowest BCUT2D eigenvalue weighted by Gasteiger charge is -2.12. The van der Waals surface area contributed by atoms with Crippen molar-refractivity contribution in [3.8, 4) is 0 Å². The highest BCUT2D eigenvalue weighted by Gasteiger charge is 2.20. The fraction of sp³-hybridized carbons (Fsp3) is 0.143. The van der Waals surface area contributed by atoms with Gasteiger partial charge in [-0.25, -0.2) is 12.8 Å². The third-order valence-electron chi connectivity index (χ3n) is 2.97. The van der Waals surface area contributed by atoms with Gasteiger partial charge in [0.05, 0.1) is 5.69 Å². The number of nitrogens with two attached hydrogens (primary N) is 1. The van der Waals surface area contributed by atoms with Crippen LogP contribution in [0.25, 0.3) is 0 Å². The van der Waals surface area contributed by atoms with Gasteiger partial charge in [0.15, 0.2) is 0 Å². The van der Waals surface area contributed by atoms with E-state index < -0.39 is 20.7 Å². The molecule has 0 aliphatic carbocycles. The van der Waals surface area contributed by atoms with Crippen LogP contribution in [0.15, 0.2) is 41.3 Å². The van der Waals surface area contributed by atoms with Gasteiger partial charge in [0.1, 0.15) is 10.7 Å². The molecule has 112 valence electrons. The molecule has 7 heteroatoms. The Morgan fingerprint density at radius 1 is 1.24 bits per heavy atom. The molecule has 21 heavy (non-hydrogen) atoms. The second-order valence-electron chi connectivity index (χ2n) is 4.53. The average Bonchev–Trinajstić information content (AvgIpc) is 2.42. The molecule has 2 rings (SSSR count). The summed E-state index contributed by atoms with van der Waals surface area (Å²) in [5.74, 6) is -0.842. The maximum absolute atomic E-state index is 13.9. The van der Waals surface area contributed by atoms with Crippen LogP contribution < -0.4 is 10.5 Å². The number of hydrogen-bond donors (Lipinski definition) is 2. The van der Waals surface area contributed by atoms with Crippen LogP contribution in [0.5, 0.6) is 0 Å². The van der Waals surface area contributed by atoms with Crippen LogP contribution in [0.4, 0.5) is 10.1 Å². The second-order valence-corrected chi connectivity index (χ2v) is 6.62. The van der Waals surface area contributed by atoms with Crippen LogP contribution in [-0.4, -0.2) is 8.42 Å². The smallest absolute Gasteiger partial charge is 0.264 e. The number of nitrogens with one attached hydrogen (secondary N) is 1. The number of benzene rings is 2. The standard InChI is InChI=1S/C14H14ClFN2O2S/c1-9-2-4-11(15)7-13(9)18-21(19,20)14-5-3-10(8-17)6-12(14)16/h2-7,18H,8,17H2,1H3. The summed E-state index contributed by atoms with van der Waals surface area (Å²) in [6.45, 7) is 1.86. The predicted molar refractivity (Wildman–Crippen MR) is 81.3 cm³/mol. The fourth-order valence-corrected chi connectivity index (χ4v) is 3.15. The lowest BCUT2D eigenvalue weighted by atomic mass is 10.2. The normalized spacial score (nSPS) is 11.4. The van der Waals surface area contributed by atoms with Crippen molar-refractivity contribution in [2.45, 2.75) is 18.4 Å². The van der Waals surface area contributed by atoms with Crippen molar-refractivity contribution in [3.63, 3.8) is 0 Å². The first kappa shape index (κ1) is 15.8. The van der Waals surface area contributed by atoms with Crippen molar-refractivity contribution < 1.29 is 12.8 Å². The molecule has 0 saturated carbocycles. The maximum atomic E-state index is 13.9. The first-order valence-electron chi connectivity index (χ1n) is 6.11. The summed E-state index contributed by atoms with van der Waals surface area (Å²) in [4.78, 5) is -0.431. The van der Waals surface area contributed by atoms with Gasteiger partial charge >= 0.3 is 0 Å². The first-order valence-corrected chi connectivity index (χ1v) is 7.97. The summed E-state index contributed by atoms with van der Waals surface area (Å²) >= 11 is 5.84. The van der Waals surface area contributed by atoms with Gasteiger partial charge in [-0.05, 0) is 42.3 Å². The van der Waals surface area contributed by atoms with Gasteiger partial charge in [-0.3, -0.25) is 4.72 Å². The van der Waals surface area contributed by atoms with Crippen molar-refractivity contribution in [3.05, 3.63) is 58.4 Å². The van der Waals surface area contributed by atoms with Gasteiger partial charge in [-0.1, -0.05) is 23.7 Å². The molecule has 2 aromatic carbocycles. The molecule has 0 aliphatic heterocycles. The predicted octanol–water partition coefficient (Wildman–Crippen LogP) is 3.05. The Balaban J connectivity index is 2.41. The molecule has 0 bridgehead atoms. The minimum atomic E-state index is -4.03. The van der Waals surface area contributed by atoms with Gasteiger partial charge in [-0.2, -0.15) is 0 Å². The van der Waals surface area contributed by atoms with E-state index in [0.717, 1.165) is 6.07 Å². The fourth-order valence-electron chi connectivity index (χ4n) is 1.79. The first-order chi connectivity index (χ1) is 9.83. The minimum Gasteiger partial charge on any atom is -0.326 e. The number of hydrogen-bond acceptors (Lipinski definition) is 3. The van der Waals surface area contributed by atoms with Crippen molar-refractivity contribution in [2.24, 2.45) is 5.73 Å². The Kier molecular flexibility index (Phi) is 4.51. The van der Waals surface area contributed by atoms with Gasteiger partial charge < -0.3 is 5.73 Å². The van der Waals surface area contributed by atoms with E-state index in [2.05, 4.69) is 4.72 Å². The van der Waals surface area contributed by atoms with Gasteiger partial charge in [0, 0.05) is 11.6 Å². The summed E-state index contributed by atoms with van der Waals surface area (Å²) < 4.78 is 40.8. The van der Waals surface area contributed by atoms with E-state index in [0.29, 0.717) is 21.8 Å². The van der Waals surface area contributed by atoms with Crippen molar-refractivity contribution in [1.82, 2.24) is 0 Å². The Labute approximate surface area is 127 Å². The molecule has 0 fully saturated rings. The highest BCUT2D eigenvalue weighted by Crippen LogP contribution is 2.24. The lowest BCUT2D eigenvalue weighted by Crippen LogP contribution is -2.15. The van der Waals surface area contributed by atoms with Crippen LogP contribution in [-0.2, 0) is 16.6 Å². The number of halogens is 2. The summed E-state index contributed by atoms with van der Waals surface area (Å²) in [5.41, 5.74) is 6.90. The highest BCUT2D eigenvalue weighted by molar-refractivity contribution is 7.92. The molecule has 0 atom stereocenters. The number of sulfonamides is 1. The number of rotatable bonds is 4. The second kappa shape index (κ2) is 6.01. The van der Waals surface area contributed by atoms with Crippen LogP contribution >= 0.6 is 11.6 Å². The third kappa shape index (κ3) is 3.53. The molecular weight excluding hydrogens is 315 g/mol. The summed E-state index contributed by atoms with van der Waals surface area (Å²) in [7, 11) is -4.03. The highest BCUT2D eigenvalue weighted by atomic mass is 35.5. The van der Waals surface area contributed by atoms with E-state index in [1.807, 2.05) is 0 Å². The zero-order chi connectivity index (χ0) is 15.6. The molecule has 0 aliphatic rings. The third-order valence-corrected chi connectivity index (χ3v) is 4.60. The maximum Gasteiger partial charge on any atom is 0.264 e. The molecule has 3 N–H and O–H groups in total. The van der Waals surface area contributed by atoms with E-state index in [9.17, 15) is 12.8 Å². The van der Waals surface area contributed by atoms with E-state index in [4.69, 9.17) is 17.3 Å². The van der Waals surface area contributed by atoms with Gasteiger partial charge in [-0.15, -0.1) is 0 Å². The largest absolute Gasteiger partial charge is 0.326 e. The van der Waals surface area contributed by atoms with Crippen LogP contribution in [0.3, 0.4) is 0 Å². The van der Waals surface area contributed by atoms with Crippen LogP contribution in [0.2, 0.25) is 5.02 Å². The molecule has 0 spiro atoms. The van der Waals surface area contributed by atoms with E-state index in [1.54, 1.807) is 19.1 Å². The quantitative estimate of drug-likeness (QED) is 0.906. The Hall–Kier alpha value is -1.63. The van der Waals surface area contributed by atoms with E-state index in [-0.39, 0.29) is 6.54 Å². The Bertz CT molecular complexity index is 779. The van der Waals surface area contributed by atoms with Gasteiger partial charge in [0.25, 0.3) is 10.0 Å². The minimum absolute atomic E-state index is 0.137. The summed E-state index contributed by atoms with van der Waals surface area (Å²) in [6.07, 6.45) is 0.